The zero-order chi connectivity index (χ0) is 20.0. The molecule has 8 heteroatoms. The topological polar surface area (TPSA) is 95.1 Å². The molecule has 0 aromatic heterocycles. The van der Waals surface area contributed by atoms with Crippen molar-refractivity contribution in [1.82, 2.24) is 20.9 Å². The molecule has 0 saturated carbocycles. The standard InChI is InChI=1S/C18H35N5O3/c1-8-19-15(20-11-14(24)22-17(2,3)4)23-10-9-13(12-23)21-16(25)26-18(5,6)7/h13H,8-12H2,1-7H3,(H,19,20)(H,21,25)(H,22,24). The number of guanidine groups is 1. The molecule has 1 saturated heterocycles. The first kappa shape index (κ1) is 22.1. The molecule has 2 amide bonds. The van der Waals surface area contributed by atoms with Crippen LogP contribution in [0.1, 0.15) is 54.9 Å². The van der Waals surface area contributed by atoms with Crippen LogP contribution in [0.2, 0.25) is 0 Å². The summed E-state index contributed by atoms with van der Waals surface area (Å²) in [6.07, 6.45) is 0.397. The van der Waals surface area contributed by atoms with Gasteiger partial charge in [0.15, 0.2) is 5.96 Å². The third-order valence-electron chi connectivity index (χ3n) is 3.43. The van der Waals surface area contributed by atoms with Gasteiger partial charge >= 0.3 is 6.09 Å². The van der Waals surface area contributed by atoms with Gasteiger partial charge in [0.25, 0.3) is 0 Å². The second-order valence-corrected chi connectivity index (χ2v) is 8.55. The highest BCUT2D eigenvalue weighted by Gasteiger charge is 2.28. The zero-order valence-electron chi connectivity index (χ0n) is 17.2. The number of alkyl carbamates (subject to hydrolysis) is 1. The van der Waals surface area contributed by atoms with Gasteiger partial charge in [-0.15, -0.1) is 0 Å². The number of hydrogen-bond donors (Lipinski definition) is 3. The number of carbonyl (C=O) groups excluding carboxylic acids is 2. The molecule has 0 aromatic carbocycles. The van der Waals surface area contributed by atoms with Crippen LogP contribution < -0.4 is 16.0 Å². The summed E-state index contributed by atoms with van der Waals surface area (Å²) in [7, 11) is 0. The van der Waals surface area contributed by atoms with E-state index in [0.29, 0.717) is 19.0 Å². The van der Waals surface area contributed by atoms with Gasteiger partial charge in [0.05, 0.1) is 6.04 Å². The third-order valence-corrected chi connectivity index (χ3v) is 3.43. The maximum Gasteiger partial charge on any atom is 0.407 e. The number of ether oxygens (including phenoxy) is 1. The first-order valence-electron chi connectivity index (χ1n) is 9.23. The Balaban J connectivity index is 2.59. The highest BCUT2D eigenvalue weighted by atomic mass is 16.6. The van der Waals surface area contributed by atoms with Gasteiger partial charge in [-0.2, -0.15) is 0 Å². The number of amides is 2. The Morgan fingerprint density at radius 1 is 1.19 bits per heavy atom. The van der Waals surface area contributed by atoms with Crippen molar-refractivity contribution in [1.29, 1.82) is 0 Å². The largest absolute Gasteiger partial charge is 0.444 e. The molecule has 1 atom stereocenters. The highest BCUT2D eigenvalue weighted by molar-refractivity contribution is 5.85. The van der Waals surface area contributed by atoms with Gasteiger partial charge in [-0.05, 0) is 54.9 Å². The van der Waals surface area contributed by atoms with E-state index in [0.717, 1.165) is 13.0 Å². The van der Waals surface area contributed by atoms with Crippen LogP contribution in [0, 0.1) is 0 Å². The fourth-order valence-corrected chi connectivity index (χ4v) is 2.57. The van der Waals surface area contributed by atoms with E-state index in [-0.39, 0.29) is 24.0 Å². The van der Waals surface area contributed by atoms with Crippen molar-refractivity contribution in [2.24, 2.45) is 4.99 Å². The van der Waals surface area contributed by atoms with E-state index in [1.165, 1.54) is 0 Å². The average molecular weight is 370 g/mol. The van der Waals surface area contributed by atoms with Crippen LogP contribution in [0.3, 0.4) is 0 Å². The maximum absolute atomic E-state index is 12.0. The number of likely N-dealkylation sites (tertiary alicyclic amines) is 1. The lowest BCUT2D eigenvalue weighted by Crippen LogP contribution is -2.45. The Bertz CT molecular complexity index is 520. The van der Waals surface area contributed by atoms with Crippen molar-refractivity contribution in [3.8, 4) is 0 Å². The van der Waals surface area contributed by atoms with E-state index in [4.69, 9.17) is 4.74 Å². The van der Waals surface area contributed by atoms with Crippen molar-refractivity contribution in [2.45, 2.75) is 72.1 Å². The molecule has 1 rings (SSSR count). The molecule has 1 unspecified atom stereocenters. The molecule has 1 aliphatic heterocycles. The molecule has 26 heavy (non-hydrogen) atoms. The van der Waals surface area contributed by atoms with Crippen LogP contribution in [-0.2, 0) is 9.53 Å². The van der Waals surface area contributed by atoms with Gasteiger partial charge in [0.1, 0.15) is 12.1 Å². The number of carbonyl (C=O) groups is 2. The molecular formula is C18H35N5O3. The van der Waals surface area contributed by atoms with E-state index in [1.54, 1.807) is 0 Å². The maximum atomic E-state index is 12.0. The first-order valence-corrected chi connectivity index (χ1v) is 9.23. The molecule has 150 valence electrons. The summed E-state index contributed by atoms with van der Waals surface area (Å²) in [6.45, 7) is 15.5. The monoisotopic (exact) mass is 369 g/mol. The Kier molecular flexibility index (Phi) is 7.71. The Hall–Kier alpha value is -1.99. The summed E-state index contributed by atoms with van der Waals surface area (Å²) in [5.74, 6) is 0.570. The third kappa shape index (κ3) is 8.92. The van der Waals surface area contributed by atoms with Gasteiger partial charge in [0, 0.05) is 25.2 Å². The summed E-state index contributed by atoms with van der Waals surface area (Å²) in [4.78, 5) is 30.4. The van der Waals surface area contributed by atoms with Gasteiger partial charge in [-0.25, -0.2) is 9.79 Å². The summed E-state index contributed by atoms with van der Waals surface area (Å²) in [5.41, 5.74) is -0.791. The first-order chi connectivity index (χ1) is 11.9. The van der Waals surface area contributed by atoms with Crippen molar-refractivity contribution in [3.63, 3.8) is 0 Å². The minimum atomic E-state index is -0.515. The second-order valence-electron chi connectivity index (χ2n) is 8.55. The second kappa shape index (κ2) is 9.09. The molecule has 8 nitrogen and oxygen atoms in total. The lowest BCUT2D eigenvalue weighted by atomic mass is 10.1. The predicted octanol–water partition coefficient (Wildman–Crippen LogP) is 1.47. The Morgan fingerprint density at radius 2 is 1.85 bits per heavy atom. The minimum absolute atomic E-state index is 0.00268. The van der Waals surface area contributed by atoms with E-state index >= 15 is 0 Å². The van der Waals surface area contributed by atoms with Crippen LogP contribution >= 0.6 is 0 Å². The lowest BCUT2D eigenvalue weighted by molar-refractivity contribution is -0.121. The molecule has 1 fully saturated rings. The molecule has 0 spiro atoms. The van der Waals surface area contributed by atoms with Gasteiger partial charge in [-0.3, -0.25) is 4.79 Å². The summed E-state index contributed by atoms with van der Waals surface area (Å²) < 4.78 is 5.30. The predicted molar refractivity (Wildman–Crippen MR) is 103 cm³/mol. The summed E-state index contributed by atoms with van der Waals surface area (Å²) >= 11 is 0. The lowest BCUT2D eigenvalue weighted by Gasteiger charge is -2.24. The van der Waals surface area contributed by atoms with Crippen molar-refractivity contribution >= 4 is 18.0 Å². The molecular weight excluding hydrogens is 334 g/mol. The van der Waals surface area contributed by atoms with Crippen LogP contribution in [0.4, 0.5) is 4.79 Å². The molecule has 0 aliphatic carbocycles. The van der Waals surface area contributed by atoms with E-state index in [9.17, 15) is 9.59 Å². The fraction of sp³-hybridized carbons (Fsp3) is 0.833. The van der Waals surface area contributed by atoms with Crippen molar-refractivity contribution in [3.05, 3.63) is 0 Å². The van der Waals surface area contributed by atoms with Crippen molar-refractivity contribution in [2.75, 3.05) is 26.2 Å². The number of aliphatic imine (C=N–C) groups is 1. The number of nitrogens with one attached hydrogen (secondary N) is 3. The highest BCUT2D eigenvalue weighted by Crippen LogP contribution is 2.12. The van der Waals surface area contributed by atoms with E-state index < -0.39 is 11.7 Å². The SMILES string of the molecule is CCNC(=NCC(=O)NC(C)(C)C)N1CCC(NC(=O)OC(C)(C)C)C1. The normalized spacial score (nSPS) is 18.5. The smallest absolute Gasteiger partial charge is 0.407 e. The molecule has 0 radical (unpaired) electrons. The zero-order valence-corrected chi connectivity index (χ0v) is 17.2. The summed E-state index contributed by atoms with van der Waals surface area (Å²) in [6, 6.07) is -0.00268. The average Bonchev–Trinajstić information content (AvgIpc) is 2.87. The molecule has 3 N–H and O–H groups in total. The van der Waals surface area contributed by atoms with Crippen LogP contribution in [0.15, 0.2) is 4.99 Å². The van der Waals surface area contributed by atoms with Gasteiger partial charge < -0.3 is 25.6 Å². The number of rotatable bonds is 4. The van der Waals surface area contributed by atoms with Crippen LogP contribution in [0.25, 0.3) is 0 Å². The summed E-state index contributed by atoms with van der Waals surface area (Å²) in [5, 5.41) is 9.00. The van der Waals surface area contributed by atoms with Crippen molar-refractivity contribution < 1.29 is 14.3 Å². The molecule has 1 aliphatic rings. The quantitative estimate of drug-likeness (QED) is 0.515. The Labute approximate surface area is 157 Å². The van der Waals surface area contributed by atoms with E-state index in [2.05, 4.69) is 25.8 Å². The molecule has 0 bridgehead atoms. The van der Waals surface area contributed by atoms with E-state index in [1.807, 2.05) is 48.5 Å². The number of nitrogens with zero attached hydrogens (tertiary/aromatic N) is 2. The molecule has 1 heterocycles. The molecule has 0 aromatic rings. The van der Waals surface area contributed by atoms with Gasteiger partial charge in [-0.1, -0.05) is 0 Å². The fourth-order valence-electron chi connectivity index (χ4n) is 2.57. The van der Waals surface area contributed by atoms with Crippen LogP contribution in [0.5, 0.6) is 0 Å². The number of hydrogen-bond acceptors (Lipinski definition) is 4. The minimum Gasteiger partial charge on any atom is -0.444 e. The Morgan fingerprint density at radius 3 is 2.38 bits per heavy atom. The van der Waals surface area contributed by atoms with Gasteiger partial charge in [0.2, 0.25) is 5.91 Å². The van der Waals surface area contributed by atoms with Crippen LogP contribution in [-0.4, -0.2) is 66.2 Å².